The van der Waals surface area contributed by atoms with Gasteiger partial charge in [-0.3, -0.25) is 0 Å². The summed E-state index contributed by atoms with van der Waals surface area (Å²) in [6.07, 6.45) is -0.891. The zero-order valence-corrected chi connectivity index (χ0v) is 9.26. The molecule has 0 amide bonds. The molecule has 0 spiro atoms. The summed E-state index contributed by atoms with van der Waals surface area (Å²) in [5.74, 6) is 0.835. The van der Waals surface area contributed by atoms with E-state index in [4.69, 9.17) is 14.2 Å². The minimum Gasteiger partial charge on any atom is -0.494 e. The van der Waals surface area contributed by atoms with Gasteiger partial charge in [0.05, 0.1) is 19.8 Å². The topological polar surface area (TPSA) is 47.9 Å². The lowest BCUT2D eigenvalue weighted by Crippen LogP contribution is -2.30. The molecular formula is C12H16O4. The number of aliphatic hydroxyl groups is 1. The highest BCUT2D eigenvalue weighted by atomic mass is 16.7. The van der Waals surface area contributed by atoms with Crippen molar-refractivity contribution in [3.8, 4) is 5.75 Å². The second-order valence-corrected chi connectivity index (χ2v) is 3.65. The molecule has 0 saturated carbocycles. The number of ether oxygens (including phenoxy) is 3. The molecule has 2 rings (SSSR count). The summed E-state index contributed by atoms with van der Waals surface area (Å²) in [7, 11) is 0. The van der Waals surface area contributed by atoms with Crippen molar-refractivity contribution in [1.29, 1.82) is 0 Å². The quantitative estimate of drug-likeness (QED) is 0.845. The lowest BCUT2D eigenvalue weighted by Gasteiger charge is -2.26. The van der Waals surface area contributed by atoms with E-state index in [1.165, 1.54) is 0 Å². The van der Waals surface area contributed by atoms with E-state index in [0.29, 0.717) is 19.8 Å². The molecule has 1 aliphatic heterocycles. The molecule has 1 aliphatic rings. The van der Waals surface area contributed by atoms with Gasteiger partial charge in [0.25, 0.3) is 0 Å². The Morgan fingerprint density at radius 3 is 2.44 bits per heavy atom. The van der Waals surface area contributed by atoms with Gasteiger partial charge in [-0.2, -0.15) is 0 Å². The SMILES string of the molecule is CCOc1ccc(C2OCC(O)CO2)cc1. The van der Waals surface area contributed by atoms with E-state index in [9.17, 15) is 5.11 Å². The van der Waals surface area contributed by atoms with E-state index in [1.54, 1.807) is 0 Å². The van der Waals surface area contributed by atoms with E-state index in [2.05, 4.69) is 0 Å². The smallest absolute Gasteiger partial charge is 0.184 e. The van der Waals surface area contributed by atoms with Crippen LogP contribution in [0.1, 0.15) is 18.8 Å². The van der Waals surface area contributed by atoms with Gasteiger partial charge in [-0.1, -0.05) is 12.1 Å². The number of aliphatic hydroxyl groups excluding tert-OH is 1. The highest BCUT2D eigenvalue weighted by Crippen LogP contribution is 2.24. The van der Waals surface area contributed by atoms with Crippen LogP contribution in [0, 0.1) is 0 Å². The van der Waals surface area contributed by atoms with E-state index < -0.39 is 6.10 Å². The summed E-state index contributed by atoms with van der Waals surface area (Å²) in [4.78, 5) is 0. The highest BCUT2D eigenvalue weighted by molar-refractivity contribution is 5.28. The molecule has 0 unspecified atom stereocenters. The van der Waals surface area contributed by atoms with Crippen LogP contribution in [0.15, 0.2) is 24.3 Å². The van der Waals surface area contributed by atoms with Gasteiger partial charge in [0.2, 0.25) is 0 Å². The molecule has 4 nitrogen and oxygen atoms in total. The zero-order chi connectivity index (χ0) is 11.4. The van der Waals surface area contributed by atoms with Gasteiger partial charge in [0.15, 0.2) is 6.29 Å². The molecule has 0 atom stereocenters. The predicted octanol–water partition coefficient (Wildman–Crippen LogP) is 1.49. The Labute approximate surface area is 94.8 Å². The average Bonchev–Trinajstić information content (AvgIpc) is 2.32. The first-order valence-corrected chi connectivity index (χ1v) is 5.43. The van der Waals surface area contributed by atoms with Crippen LogP contribution < -0.4 is 4.74 Å². The molecule has 0 radical (unpaired) electrons. The molecular weight excluding hydrogens is 208 g/mol. The molecule has 88 valence electrons. The van der Waals surface area contributed by atoms with Crippen molar-refractivity contribution in [3.63, 3.8) is 0 Å². The fraction of sp³-hybridized carbons (Fsp3) is 0.500. The van der Waals surface area contributed by atoms with Crippen LogP contribution in [0.4, 0.5) is 0 Å². The Morgan fingerprint density at radius 2 is 1.88 bits per heavy atom. The Hall–Kier alpha value is -1.10. The summed E-state index contributed by atoms with van der Waals surface area (Å²) in [5, 5.41) is 9.22. The summed E-state index contributed by atoms with van der Waals surface area (Å²) in [5.41, 5.74) is 0.940. The molecule has 16 heavy (non-hydrogen) atoms. The van der Waals surface area contributed by atoms with Crippen molar-refractivity contribution in [2.75, 3.05) is 19.8 Å². The van der Waals surface area contributed by atoms with Crippen LogP contribution in [0.5, 0.6) is 5.75 Å². The second-order valence-electron chi connectivity index (χ2n) is 3.65. The van der Waals surface area contributed by atoms with E-state index in [1.807, 2.05) is 31.2 Å². The third-order valence-electron chi connectivity index (χ3n) is 2.34. The second kappa shape index (κ2) is 5.30. The first-order chi connectivity index (χ1) is 7.79. The van der Waals surface area contributed by atoms with Gasteiger partial charge >= 0.3 is 0 Å². The van der Waals surface area contributed by atoms with Gasteiger partial charge in [-0.05, 0) is 19.1 Å². The van der Waals surface area contributed by atoms with Crippen molar-refractivity contribution >= 4 is 0 Å². The van der Waals surface area contributed by atoms with Gasteiger partial charge in [-0.15, -0.1) is 0 Å². The maximum Gasteiger partial charge on any atom is 0.184 e. The lowest BCUT2D eigenvalue weighted by molar-refractivity contribution is -0.220. The normalized spacial score (nSPS) is 25.4. The van der Waals surface area contributed by atoms with E-state index >= 15 is 0 Å². The fourth-order valence-electron chi connectivity index (χ4n) is 1.57. The number of rotatable bonds is 3. The minimum atomic E-state index is -0.515. The zero-order valence-electron chi connectivity index (χ0n) is 9.26. The molecule has 1 aromatic rings. The Kier molecular flexibility index (Phi) is 3.77. The molecule has 1 fully saturated rings. The standard InChI is InChI=1S/C12H16O4/c1-2-14-11-5-3-9(4-6-11)12-15-7-10(13)8-16-12/h3-6,10,12-13H,2,7-8H2,1H3. The van der Waals surface area contributed by atoms with Crippen LogP contribution in [0.2, 0.25) is 0 Å². The Morgan fingerprint density at radius 1 is 1.25 bits per heavy atom. The van der Waals surface area contributed by atoms with Crippen molar-refractivity contribution < 1.29 is 19.3 Å². The van der Waals surface area contributed by atoms with Crippen molar-refractivity contribution in [3.05, 3.63) is 29.8 Å². The predicted molar refractivity (Wildman–Crippen MR) is 58.3 cm³/mol. The van der Waals surface area contributed by atoms with Crippen LogP contribution in [0.25, 0.3) is 0 Å². The monoisotopic (exact) mass is 224 g/mol. The van der Waals surface area contributed by atoms with Crippen molar-refractivity contribution in [2.45, 2.75) is 19.3 Å². The summed E-state index contributed by atoms with van der Waals surface area (Å²) in [6, 6.07) is 7.59. The molecule has 1 heterocycles. The third-order valence-corrected chi connectivity index (χ3v) is 2.34. The fourth-order valence-corrected chi connectivity index (χ4v) is 1.57. The van der Waals surface area contributed by atoms with E-state index in [0.717, 1.165) is 11.3 Å². The third kappa shape index (κ3) is 2.72. The van der Waals surface area contributed by atoms with E-state index in [-0.39, 0.29) is 6.29 Å². The molecule has 4 heteroatoms. The molecule has 1 saturated heterocycles. The summed E-state index contributed by atoms with van der Waals surface area (Å²) in [6.45, 7) is 3.24. The Bertz CT molecular complexity index is 314. The molecule has 0 aliphatic carbocycles. The number of benzene rings is 1. The first kappa shape index (κ1) is 11.4. The van der Waals surface area contributed by atoms with Crippen LogP contribution in [0.3, 0.4) is 0 Å². The van der Waals surface area contributed by atoms with Gasteiger partial charge < -0.3 is 19.3 Å². The van der Waals surface area contributed by atoms with Gasteiger partial charge in [0.1, 0.15) is 11.9 Å². The maximum atomic E-state index is 9.22. The average molecular weight is 224 g/mol. The minimum absolute atomic E-state index is 0.317. The summed E-state index contributed by atoms with van der Waals surface area (Å²) < 4.78 is 16.1. The van der Waals surface area contributed by atoms with Crippen molar-refractivity contribution in [1.82, 2.24) is 0 Å². The van der Waals surface area contributed by atoms with Crippen LogP contribution >= 0.6 is 0 Å². The number of hydrogen-bond acceptors (Lipinski definition) is 4. The van der Waals surface area contributed by atoms with Gasteiger partial charge in [0, 0.05) is 5.56 Å². The molecule has 0 aromatic heterocycles. The molecule has 0 bridgehead atoms. The highest BCUT2D eigenvalue weighted by Gasteiger charge is 2.21. The number of hydrogen-bond donors (Lipinski definition) is 1. The molecule has 1 aromatic carbocycles. The van der Waals surface area contributed by atoms with Crippen LogP contribution in [-0.2, 0) is 9.47 Å². The maximum absolute atomic E-state index is 9.22. The molecule has 1 N–H and O–H groups in total. The first-order valence-electron chi connectivity index (χ1n) is 5.43. The summed E-state index contributed by atoms with van der Waals surface area (Å²) >= 11 is 0. The lowest BCUT2D eigenvalue weighted by atomic mass is 10.2. The largest absolute Gasteiger partial charge is 0.494 e. The van der Waals surface area contributed by atoms with Crippen molar-refractivity contribution in [2.24, 2.45) is 0 Å². The Balaban J connectivity index is 1.98. The van der Waals surface area contributed by atoms with Crippen LogP contribution in [-0.4, -0.2) is 31.0 Å². The van der Waals surface area contributed by atoms with Gasteiger partial charge in [-0.25, -0.2) is 0 Å².